The Labute approximate surface area is 148 Å². The molecule has 0 saturated heterocycles. The van der Waals surface area contributed by atoms with Crippen LogP contribution in [-0.2, 0) is 11.2 Å². The van der Waals surface area contributed by atoms with Gasteiger partial charge in [0.05, 0.1) is 20.0 Å². The number of nitrogens with one attached hydrogen (secondary N) is 2. The molecule has 2 aromatic rings. The van der Waals surface area contributed by atoms with E-state index in [4.69, 9.17) is 11.6 Å². The lowest BCUT2D eigenvalue weighted by Gasteiger charge is -2.19. The van der Waals surface area contributed by atoms with Crippen LogP contribution in [0.3, 0.4) is 0 Å². The molecule has 1 aliphatic rings. The highest BCUT2D eigenvalue weighted by atomic mass is 79.9. The van der Waals surface area contributed by atoms with E-state index < -0.39 is 0 Å². The molecule has 0 bridgehead atoms. The SMILES string of the molecule is CNC(c1cc2c(cc1Cl)NC(=O)C2)c1cc(Br)sc1Br. The zero-order chi connectivity index (χ0) is 15.1. The van der Waals surface area contributed by atoms with Crippen molar-refractivity contribution in [3.8, 4) is 0 Å². The highest BCUT2D eigenvalue weighted by Crippen LogP contribution is 2.41. The van der Waals surface area contributed by atoms with Crippen molar-refractivity contribution in [2.24, 2.45) is 0 Å². The molecule has 1 aromatic heterocycles. The molecule has 2 heterocycles. The summed E-state index contributed by atoms with van der Waals surface area (Å²) in [6.07, 6.45) is 0.407. The Kier molecular flexibility index (Phi) is 4.43. The Morgan fingerprint density at radius 2 is 2.10 bits per heavy atom. The van der Waals surface area contributed by atoms with Crippen LogP contribution < -0.4 is 10.6 Å². The van der Waals surface area contributed by atoms with Crippen LogP contribution in [0.1, 0.15) is 22.7 Å². The molecule has 110 valence electrons. The van der Waals surface area contributed by atoms with Crippen molar-refractivity contribution < 1.29 is 4.79 Å². The van der Waals surface area contributed by atoms with E-state index in [2.05, 4.69) is 48.6 Å². The molecule has 0 saturated carbocycles. The van der Waals surface area contributed by atoms with E-state index in [1.54, 1.807) is 11.3 Å². The number of thiophene rings is 1. The molecule has 0 fully saturated rings. The summed E-state index contributed by atoms with van der Waals surface area (Å²) >= 11 is 15.1. The lowest BCUT2D eigenvalue weighted by atomic mass is 9.98. The largest absolute Gasteiger partial charge is 0.325 e. The molecule has 1 unspecified atom stereocenters. The summed E-state index contributed by atoms with van der Waals surface area (Å²) in [4.78, 5) is 11.5. The second-order valence-electron chi connectivity index (χ2n) is 4.76. The van der Waals surface area contributed by atoms with Gasteiger partial charge in [0, 0.05) is 10.7 Å². The Hall–Kier alpha value is -0.400. The molecule has 2 N–H and O–H groups in total. The van der Waals surface area contributed by atoms with Gasteiger partial charge in [-0.25, -0.2) is 0 Å². The number of fused-ring (bicyclic) bond motifs is 1. The van der Waals surface area contributed by atoms with Gasteiger partial charge in [0.2, 0.25) is 5.91 Å². The van der Waals surface area contributed by atoms with Crippen LogP contribution in [0.5, 0.6) is 0 Å². The Morgan fingerprint density at radius 3 is 2.71 bits per heavy atom. The molecule has 1 atom stereocenters. The van der Waals surface area contributed by atoms with Crippen molar-refractivity contribution in [2.45, 2.75) is 12.5 Å². The summed E-state index contributed by atoms with van der Waals surface area (Å²) in [5, 5.41) is 6.76. The maximum Gasteiger partial charge on any atom is 0.228 e. The summed E-state index contributed by atoms with van der Waals surface area (Å²) in [6, 6.07) is 5.88. The van der Waals surface area contributed by atoms with Crippen LogP contribution in [0.4, 0.5) is 5.69 Å². The van der Waals surface area contributed by atoms with Crippen molar-refractivity contribution in [1.82, 2.24) is 5.32 Å². The normalized spacial score (nSPS) is 15.0. The van der Waals surface area contributed by atoms with Crippen LogP contribution >= 0.6 is 54.8 Å². The van der Waals surface area contributed by atoms with Gasteiger partial charge in [-0.05, 0) is 73.8 Å². The van der Waals surface area contributed by atoms with Crippen molar-refractivity contribution in [3.63, 3.8) is 0 Å². The van der Waals surface area contributed by atoms with E-state index >= 15 is 0 Å². The zero-order valence-electron chi connectivity index (χ0n) is 11.0. The molecule has 0 spiro atoms. The minimum atomic E-state index is -0.0320. The van der Waals surface area contributed by atoms with E-state index in [0.29, 0.717) is 11.4 Å². The van der Waals surface area contributed by atoms with E-state index in [1.807, 2.05) is 19.2 Å². The van der Waals surface area contributed by atoms with Crippen LogP contribution in [-0.4, -0.2) is 13.0 Å². The van der Waals surface area contributed by atoms with Gasteiger partial charge in [-0.1, -0.05) is 11.6 Å². The first-order valence-corrected chi connectivity index (χ1v) is 9.01. The van der Waals surface area contributed by atoms with Crippen LogP contribution in [0.2, 0.25) is 5.02 Å². The molecular weight excluding hydrogens is 439 g/mol. The first-order valence-electron chi connectivity index (χ1n) is 6.23. The lowest BCUT2D eigenvalue weighted by Crippen LogP contribution is -2.18. The smallest absolute Gasteiger partial charge is 0.228 e. The van der Waals surface area contributed by atoms with Crippen molar-refractivity contribution in [1.29, 1.82) is 0 Å². The van der Waals surface area contributed by atoms with Crippen LogP contribution in [0, 0.1) is 0 Å². The minimum Gasteiger partial charge on any atom is -0.325 e. The van der Waals surface area contributed by atoms with Gasteiger partial charge in [0.15, 0.2) is 0 Å². The summed E-state index contributed by atoms with van der Waals surface area (Å²) in [7, 11) is 1.90. The predicted octanol–water partition coefficient (Wildman–Crippen LogP) is 4.73. The van der Waals surface area contributed by atoms with Gasteiger partial charge < -0.3 is 10.6 Å². The highest BCUT2D eigenvalue weighted by Gasteiger charge is 2.25. The summed E-state index contributed by atoms with van der Waals surface area (Å²) in [5.74, 6) is 0.0127. The maximum absolute atomic E-state index is 11.5. The molecule has 1 amide bonds. The van der Waals surface area contributed by atoms with Gasteiger partial charge >= 0.3 is 0 Å². The number of halogens is 3. The molecule has 21 heavy (non-hydrogen) atoms. The number of hydrogen-bond donors (Lipinski definition) is 2. The highest BCUT2D eigenvalue weighted by molar-refractivity contribution is 9.12. The average Bonchev–Trinajstić information content (AvgIpc) is 2.92. The minimum absolute atomic E-state index is 0.0127. The van der Waals surface area contributed by atoms with Crippen LogP contribution in [0.25, 0.3) is 0 Å². The number of carbonyl (C=O) groups excluding carboxylic acids is 1. The molecule has 0 radical (unpaired) electrons. The molecule has 1 aliphatic heterocycles. The first-order chi connectivity index (χ1) is 9.99. The average molecular weight is 451 g/mol. The van der Waals surface area contributed by atoms with Gasteiger partial charge in [-0.3, -0.25) is 4.79 Å². The number of hydrogen-bond acceptors (Lipinski definition) is 3. The summed E-state index contributed by atoms with van der Waals surface area (Å²) in [5.41, 5.74) is 3.90. The molecular formula is C14H11Br2ClN2OS. The Balaban J connectivity index is 2.08. The Morgan fingerprint density at radius 1 is 1.33 bits per heavy atom. The van der Waals surface area contributed by atoms with E-state index in [1.165, 1.54) is 0 Å². The number of anilines is 1. The molecule has 3 nitrogen and oxygen atoms in total. The second-order valence-corrected chi connectivity index (χ2v) is 8.91. The second kappa shape index (κ2) is 6.01. The van der Waals surface area contributed by atoms with E-state index in [-0.39, 0.29) is 11.9 Å². The third-order valence-corrected chi connectivity index (χ3v) is 6.15. The monoisotopic (exact) mass is 448 g/mol. The quantitative estimate of drug-likeness (QED) is 0.710. The molecule has 0 aliphatic carbocycles. The fraction of sp³-hybridized carbons (Fsp3) is 0.214. The number of carbonyl (C=O) groups is 1. The topological polar surface area (TPSA) is 41.1 Å². The number of rotatable bonds is 3. The van der Waals surface area contributed by atoms with Crippen molar-refractivity contribution in [2.75, 3.05) is 12.4 Å². The van der Waals surface area contributed by atoms with E-state index in [9.17, 15) is 4.79 Å². The van der Waals surface area contributed by atoms with Crippen LogP contribution in [0.15, 0.2) is 25.8 Å². The maximum atomic E-state index is 11.5. The number of benzene rings is 1. The Bertz CT molecular complexity index is 732. The fourth-order valence-electron chi connectivity index (χ4n) is 2.52. The van der Waals surface area contributed by atoms with E-state index in [0.717, 1.165) is 30.0 Å². The van der Waals surface area contributed by atoms with Gasteiger partial charge in [-0.15, -0.1) is 11.3 Å². The third kappa shape index (κ3) is 2.92. The fourth-order valence-corrected chi connectivity index (χ4v) is 5.69. The van der Waals surface area contributed by atoms with Crippen molar-refractivity contribution in [3.05, 3.63) is 47.5 Å². The van der Waals surface area contributed by atoms with Gasteiger partial charge in [0.25, 0.3) is 0 Å². The third-order valence-electron chi connectivity index (χ3n) is 3.44. The predicted molar refractivity (Wildman–Crippen MR) is 94.4 cm³/mol. The molecule has 3 rings (SSSR count). The standard InChI is InChI=1S/C14H11Br2ClN2OS/c1-18-13(8-4-11(15)21-14(8)16)7-2-6-3-12(20)19-10(6)5-9(7)17/h2,4-5,13,18H,3H2,1H3,(H,19,20). The lowest BCUT2D eigenvalue weighted by molar-refractivity contribution is -0.115. The van der Waals surface area contributed by atoms with Gasteiger partial charge in [-0.2, -0.15) is 0 Å². The summed E-state index contributed by atoms with van der Waals surface area (Å²) in [6.45, 7) is 0. The molecule has 7 heteroatoms. The number of amides is 1. The molecule has 1 aromatic carbocycles. The van der Waals surface area contributed by atoms with Gasteiger partial charge in [0.1, 0.15) is 0 Å². The summed E-state index contributed by atoms with van der Waals surface area (Å²) < 4.78 is 2.11. The van der Waals surface area contributed by atoms with Crippen molar-refractivity contribution >= 4 is 66.4 Å². The first kappa shape index (κ1) is 15.5. The zero-order valence-corrected chi connectivity index (χ0v) is 15.7.